The predicted molar refractivity (Wildman–Crippen MR) is 173 cm³/mol. The standard InChI is InChI=1S/C33H42ClN3O5S/c1-24-28(34)17-11-18-29(24)37(43(6,40)41)20-12-19-31(38)36(23-26-15-10-16-27(21-26)42-5)30(32(39)35-33(2,3)4)22-25-13-8-7-9-14-25/h7-11,13-18,21,30H,12,19-20,22-23H2,1-6H3,(H,35,39)/t30-/m1/s1. The number of carbonyl (C=O) groups excluding carboxylic acids is 2. The van der Waals surface area contributed by atoms with Crippen molar-refractivity contribution < 1.29 is 22.7 Å². The van der Waals surface area contributed by atoms with Gasteiger partial charge in [-0.25, -0.2) is 8.42 Å². The van der Waals surface area contributed by atoms with E-state index in [4.69, 9.17) is 16.3 Å². The number of benzene rings is 3. The molecule has 3 aromatic carbocycles. The lowest BCUT2D eigenvalue weighted by molar-refractivity contribution is -0.142. The molecule has 3 aromatic rings. The van der Waals surface area contributed by atoms with Crippen LogP contribution in [0, 0.1) is 6.92 Å². The molecular weight excluding hydrogens is 586 g/mol. The molecular formula is C33H42ClN3O5S. The van der Waals surface area contributed by atoms with Crippen LogP contribution < -0.4 is 14.4 Å². The number of nitrogens with zero attached hydrogens (tertiary/aromatic N) is 2. The van der Waals surface area contributed by atoms with Gasteiger partial charge in [0.05, 0.1) is 19.1 Å². The minimum absolute atomic E-state index is 0.0314. The molecule has 0 aromatic heterocycles. The molecule has 0 saturated heterocycles. The quantitative estimate of drug-likeness (QED) is 0.260. The molecule has 232 valence electrons. The van der Waals surface area contributed by atoms with Gasteiger partial charge in [-0.1, -0.05) is 60.1 Å². The molecule has 0 unspecified atom stereocenters. The molecule has 0 spiro atoms. The highest BCUT2D eigenvalue weighted by atomic mass is 35.5. The van der Waals surface area contributed by atoms with Crippen molar-refractivity contribution in [1.29, 1.82) is 0 Å². The Morgan fingerprint density at radius 3 is 2.26 bits per heavy atom. The number of hydrogen-bond acceptors (Lipinski definition) is 5. The number of rotatable bonds is 13. The Bertz CT molecular complexity index is 1510. The van der Waals surface area contributed by atoms with Gasteiger partial charge in [0, 0.05) is 36.5 Å². The number of amides is 2. The Morgan fingerprint density at radius 1 is 0.977 bits per heavy atom. The molecule has 3 rings (SSSR count). The number of hydrogen-bond donors (Lipinski definition) is 1. The van der Waals surface area contributed by atoms with Crippen LogP contribution >= 0.6 is 11.6 Å². The van der Waals surface area contributed by atoms with E-state index in [2.05, 4.69) is 5.32 Å². The van der Waals surface area contributed by atoms with Crippen LogP contribution in [0.2, 0.25) is 5.02 Å². The Balaban J connectivity index is 1.94. The average molecular weight is 628 g/mol. The highest BCUT2D eigenvalue weighted by Crippen LogP contribution is 2.29. The van der Waals surface area contributed by atoms with Crippen LogP contribution in [-0.2, 0) is 32.6 Å². The molecule has 2 amide bonds. The fraction of sp³-hybridized carbons (Fsp3) is 0.394. The van der Waals surface area contributed by atoms with E-state index in [0.29, 0.717) is 28.4 Å². The molecule has 0 aliphatic heterocycles. The van der Waals surface area contributed by atoms with E-state index in [0.717, 1.165) is 17.4 Å². The molecule has 1 N–H and O–H groups in total. The van der Waals surface area contributed by atoms with Gasteiger partial charge in [-0.15, -0.1) is 0 Å². The molecule has 0 bridgehead atoms. The van der Waals surface area contributed by atoms with E-state index in [-0.39, 0.29) is 37.7 Å². The minimum Gasteiger partial charge on any atom is -0.497 e. The Labute approximate surface area is 261 Å². The highest BCUT2D eigenvalue weighted by Gasteiger charge is 2.32. The Hall–Kier alpha value is -3.56. The average Bonchev–Trinajstić information content (AvgIpc) is 2.93. The van der Waals surface area contributed by atoms with Gasteiger partial charge < -0.3 is 15.0 Å². The number of anilines is 1. The first-order chi connectivity index (χ1) is 20.2. The Morgan fingerprint density at radius 2 is 1.63 bits per heavy atom. The fourth-order valence-corrected chi connectivity index (χ4v) is 6.01. The third-order valence-corrected chi connectivity index (χ3v) is 8.51. The van der Waals surface area contributed by atoms with Crippen LogP contribution in [0.4, 0.5) is 5.69 Å². The molecule has 10 heteroatoms. The van der Waals surface area contributed by atoms with Crippen LogP contribution in [0.1, 0.15) is 50.3 Å². The molecule has 43 heavy (non-hydrogen) atoms. The van der Waals surface area contributed by atoms with Crippen molar-refractivity contribution in [2.75, 3.05) is 24.2 Å². The molecule has 0 aliphatic rings. The summed E-state index contributed by atoms with van der Waals surface area (Å²) in [4.78, 5) is 29.4. The third-order valence-electron chi connectivity index (χ3n) is 6.92. The van der Waals surface area contributed by atoms with Crippen molar-refractivity contribution in [3.8, 4) is 5.75 Å². The van der Waals surface area contributed by atoms with Gasteiger partial charge >= 0.3 is 0 Å². The zero-order valence-electron chi connectivity index (χ0n) is 25.8. The highest BCUT2D eigenvalue weighted by molar-refractivity contribution is 7.92. The largest absolute Gasteiger partial charge is 0.497 e. The second-order valence-electron chi connectivity index (χ2n) is 11.6. The van der Waals surface area contributed by atoms with Crippen molar-refractivity contribution in [2.24, 2.45) is 0 Å². The summed E-state index contributed by atoms with van der Waals surface area (Å²) in [6, 6.07) is 21.3. The molecule has 0 heterocycles. The van der Waals surface area contributed by atoms with Crippen LogP contribution in [0.15, 0.2) is 72.8 Å². The summed E-state index contributed by atoms with van der Waals surface area (Å²) in [6.45, 7) is 7.71. The maximum absolute atomic E-state index is 14.0. The number of halogens is 1. The van der Waals surface area contributed by atoms with Crippen molar-refractivity contribution in [3.05, 3.63) is 94.5 Å². The lowest BCUT2D eigenvalue weighted by Crippen LogP contribution is -2.54. The fourth-order valence-electron chi connectivity index (χ4n) is 4.82. The van der Waals surface area contributed by atoms with E-state index in [1.165, 1.54) is 4.31 Å². The van der Waals surface area contributed by atoms with Crippen LogP contribution in [0.25, 0.3) is 0 Å². The number of ether oxygens (including phenoxy) is 1. The van der Waals surface area contributed by atoms with Gasteiger partial charge in [0.1, 0.15) is 11.8 Å². The van der Waals surface area contributed by atoms with E-state index >= 15 is 0 Å². The van der Waals surface area contributed by atoms with E-state index < -0.39 is 21.6 Å². The first-order valence-corrected chi connectivity index (χ1v) is 16.4. The molecule has 8 nitrogen and oxygen atoms in total. The first-order valence-electron chi connectivity index (χ1n) is 14.2. The molecule has 0 aliphatic carbocycles. The van der Waals surface area contributed by atoms with Gasteiger partial charge in [0.2, 0.25) is 21.8 Å². The molecule has 0 radical (unpaired) electrons. The van der Waals surface area contributed by atoms with Crippen molar-refractivity contribution in [1.82, 2.24) is 10.2 Å². The van der Waals surface area contributed by atoms with E-state index in [1.807, 2.05) is 75.4 Å². The van der Waals surface area contributed by atoms with Crippen molar-refractivity contribution >= 4 is 39.1 Å². The van der Waals surface area contributed by atoms with E-state index in [9.17, 15) is 18.0 Å². The molecule has 0 fully saturated rings. The summed E-state index contributed by atoms with van der Waals surface area (Å²) < 4.78 is 32.2. The van der Waals surface area contributed by atoms with E-state index in [1.54, 1.807) is 37.1 Å². The summed E-state index contributed by atoms with van der Waals surface area (Å²) in [5.74, 6) is 0.119. The lowest BCUT2D eigenvalue weighted by Gasteiger charge is -2.34. The van der Waals surface area contributed by atoms with Crippen molar-refractivity contribution in [3.63, 3.8) is 0 Å². The lowest BCUT2D eigenvalue weighted by atomic mass is 10.00. The van der Waals surface area contributed by atoms with Gasteiger partial charge in [-0.3, -0.25) is 13.9 Å². The van der Waals surface area contributed by atoms with Gasteiger partial charge in [-0.05, 0) is 75.1 Å². The van der Waals surface area contributed by atoms with Crippen molar-refractivity contribution in [2.45, 2.75) is 65.1 Å². The zero-order chi connectivity index (χ0) is 31.8. The monoisotopic (exact) mass is 627 g/mol. The molecule has 0 saturated carbocycles. The predicted octanol–water partition coefficient (Wildman–Crippen LogP) is 5.76. The van der Waals surface area contributed by atoms with Crippen LogP contribution in [-0.4, -0.2) is 56.6 Å². The summed E-state index contributed by atoms with van der Waals surface area (Å²) in [5.41, 5.74) is 2.33. The number of carbonyl (C=O) groups is 2. The van der Waals surface area contributed by atoms with Crippen LogP contribution in [0.5, 0.6) is 5.75 Å². The summed E-state index contributed by atoms with van der Waals surface area (Å²) in [7, 11) is -2.08. The van der Waals surface area contributed by atoms with Crippen LogP contribution in [0.3, 0.4) is 0 Å². The first kappa shape index (κ1) is 33.9. The number of sulfonamides is 1. The zero-order valence-corrected chi connectivity index (χ0v) is 27.3. The second-order valence-corrected chi connectivity index (χ2v) is 14.0. The SMILES string of the molecule is COc1cccc(CN(C(=O)CCCN(c2cccc(Cl)c2C)S(C)(=O)=O)[C@H](Cc2ccccc2)C(=O)NC(C)(C)C)c1. The van der Waals surface area contributed by atoms with Gasteiger partial charge in [0.25, 0.3) is 0 Å². The maximum Gasteiger partial charge on any atom is 0.243 e. The topological polar surface area (TPSA) is 96.0 Å². The second kappa shape index (κ2) is 14.8. The summed E-state index contributed by atoms with van der Waals surface area (Å²) >= 11 is 6.28. The summed E-state index contributed by atoms with van der Waals surface area (Å²) in [6.07, 6.45) is 1.72. The number of methoxy groups -OCH3 is 1. The molecule has 1 atom stereocenters. The minimum atomic E-state index is -3.65. The Kier molecular flexibility index (Phi) is 11.6. The van der Waals surface area contributed by atoms with Gasteiger partial charge in [0.15, 0.2) is 0 Å². The normalized spacial score (nSPS) is 12.3. The number of nitrogens with one attached hydrogen (secondary N) is 1. The van der Waals surface area contributed by atoms with Gasteiger partial charge in [-0.2, -0.15) is 0 Å². The third kappa shape index (κ3) is 10.0. The summed E-state index contributed by atoms with van der Waals surface area (Å²) in [5, 5.41) is 3.51. The smallest absolute Gasteiger partial charge is 0.243 e. The maximum atomic E-state index is 14.0.